The van der Waals surface area contributed by atoms with Crippen molar-refractivity contribution in [2.45, 2.75) is 25.7 Å². The van der Waals surface area contributed by atoms with Gasteiger partial charge in [0.1, 0.15) is 11.2 Å². The number of hydrogen-bond acceptors (Lipinski definition) is 6. The lowest BCUT2D eigenvalue weighted by atomic mass is 10.1. The van der Waals surface area contributed by atoms with E-state index in [1.54, 1.807) is 12.4 Å². The molecule has 1 saturated heterocycles. The zero-order valence-electron chi connectivity index (χ0n) is 21.9. The number of pyridine rings is 3. The highest BCUT2D eigenvalue weighted by Gasteiger charge is 2.18. The van der Waals surface area contributed by atoms with Crippen LogP contribution in [0.2, 0.25) is 0 Å². The standard InChI is InChI=1S/C31H28N8O/c40-29(13-20-7-3-1-4-8-20)34-22-14-21(16-32-17-22)24-9-10-25-30(36-24)31(38-37-25)26-15-23-27(35-26)18-33-19-28(23)39-11-5-2-6-12-39/h1,3-4,7-10,14-19,35H,2,5-6,11-13H2,(H,34,40)(H,37,38). The predicted octanol–water partition coefficient (Wildman–Crippen LogP) is 5.73. The Morgan fingerprint density at radius 3 is 2.62 bits per heavy atom. The third-order valence-corrected chi connectivity index (χ3v) is 7.41. The molecule has 6 aromatic rings. The number of nitrogens with zero attached hydrogens (tertiary/aromatic N) is 5. The van der Waals surface area contributed by atoms with Crippen LogP contribution in [0.1, 0.15) is 24.8 Å². The number of carbonyl (C=O) groups excluding carboxylic acids is 1. The van der Waals surface area contributed by atoms with E-state index in [0.717, 1.165) is 68.9 Å². The molecule has 0 aliphatic carbocycles. The fourth-order valence-electron chi connectivity index (χ4n) is 5.43. The first-order valence-electron chi connectivity index (χ1n) is 13.6. The molecule has 0 spiro atoms. The van der Waals surface area contributed by atoms with Gasteiger partial charge in [0, 0.05) is 30.2 Å². The van der Waals surface area contributed by atoms with Crippen molar-refractivity contribution in [3.8, 4) is 22.6 Å². The maximum absolute atomic E-state index is 12.6. The van der Waals surface area contributed by atoms with Gasteiger partial charge in [0.2, 0.25) is 5.91 Å². The van der Waals surface area contributed by atoms with E-state index in [4.69, 9.17) is 4.98 Å². The quantitative estimate of drug-likeness (QED) is 0.254. The number of carbonyl (C=O) groups is 1. The summed E-state index contributed by atoms with van der Waals surface area (Å²) in [5, 5.41) is 11.8. The van der Waals surface area contributed by atoms with Gasteiger partial charge in [-0.05, 0) is 49.1 Å². The zero-order valence-corrected chi connectivity index (χ0v) is 21.9. The van der Waals surface area contributed by atoms with Gasteiger partial charge >= 0.3 is 0 Å². The Morgan fingerprint density at radius 1 is 0.900 bits per heavy atom. The van der Waals surface area contributed by atoms with Gasteiger partial charge in [0.25, 0.3) is 0 Å². The summed E-state index contributed by atoms with van der Waals surface area (Å²) in [7, 11) is 0. The summed E-state index contributed by atoms with van der Waals surface area (Å²) in [6.45, 7) is 2.11. The molecule has 1 aliphatic heterocycles. The summed E-state index contributed by atoms with van der Waals surface area (Å²) in [6.07, 6.45) is 11.2. The molecule has 0 bridgehead atoms. The molecule has 0 unspecified atom stereocenters. The van der Waals surface area contributed by atoms with E-state index >= 15 is 0 Å². The monoisotopic (exact) mass is 528 g/mol. The number of aromatic nitrogens is 6. The molecule has 0 atom stereocenters. The van der Waals surface area contributed by atoms with Gasteiger partial charge in [-0.25, -0.2) is 4.98 Å². The van der Waals surface area contributed by atoms with Gasteiger partial charge in [0.05, 0.1) is 58.8 Å². The summed E-state index contributed by atoms with van der Waals surface area (Å²) in [5.41, 5.74) is 8.50. The summed E-state index contributed by atoms with van der Waals surface area (Å²) >= 11 is 0. The Balaban J connectivity index is 1.19. The topological polar surface area (TPSA) is 115 Å². The highest BCUT2D eigenvalue weighted by Crippen LogP contribution is 2.34. The lowest BCUT2D eigenvalue weighted by molar-refractivity contribution is -0.115. The first-order chi connectivity index (χ1) is 19.7. The van der Waals surface area contributed by atoms with Crippen LogP contribution >= 0.6 is 0 Å². The van der Waals surface area contributed by atoms with Crippen LogP contribution in [0.25, 0.3) is 44.6 Å². The van der Waals surface area contributed by atoms with Crippen molar-refractivity contribution in [2.75, 3.05) is 23.3 Å². The van der Waals surface area contributed by atoms with Gasteiger partial charge < -0.3 is 15.2 Å². The molecule has 1 aliphatic rings. The van der Waals surface area contributed by atoms with Crippen LogP contribution in [0.3, 0.4) is 0 Å². The molecule has 9 nitrogen and oxygen atoms in total. The molecule has 0 radical (unpaired) electrons. The van der Waals surface area contributed by atoms with Crippen molar-refractivity contribution in [1.29, 1.82) is 0 Å². The largest absolute Gasteiger partial charge is 0.370 e. The zero-order chi connectivity index (χ0) is 26.9. The minimum Gasteiger partial charge on any atom is -0.370 e. The number of anilines is 2. The van der Waals surface area contributed by atoms with Crippen LogP contribution in [0.4, 0.5) is 11.4 Å². The normalized spacial score (nSPS) is 13.7. The average molecular weight is 529 g/mol. The van der Waals surface area contributed by atoms with E-state index in [1.165, 1.54) is 19.3 Å². The summed E-state index contributed by atoms with van der Waals surface area (Å²) in [5.74, 6) is -0.0945. The Hall–Kier alpha value is -5.05. The molecule has 3 N–H and O–H groups in total. The molecule has 0 saturated carbocycles. The van der Waals surface area contributed by atoms with E-state index < -0.39 is 0 Å². The number of benzene rings is 1. The lowest BCUT2D eigenvalue weighted by Gasteiger charge is -2.28. The number of nitrogens with one attached hydrogen (secondary N) is 3. The Labute approximate surface area is 230 Å². The van der Waals surface area contributed by atoms with E-state index in [1.807, 2.05) is 60.9 Å². The molecule has 40 heavy (non-hydrogen) atoms. The minimum atomic E-state index is -0.0945. The second kappa shape index (κ2) is 10.3. The van der Waals surface area contributed by atoms with Crippen molar-refractivity contribution < 1.29 is 4.79 Å². The summed E-state index contributed by atoms with van der Waals surface area (Å²) in [4.78, 5) is 32.3. The highest BCUT2D eigenvalue weighted by atomic mass is 16.1. The van der Waals surface area contributed by atoms with Crippen LogP contribution in [-0.4, -0.2) is 49.1 Å². The molecule has 5 aromatic heterocycles. The van der Waals surface area contributed by atoms with Crippen LogP contribution in [0.15, 0.2) is 79.4 Å². The van der Waals surface area contributed by atoms with Crippen molar-refractivity contribution in [2.24, 2.45) is 0 Å². The van der Waals surface area contributed by atoms with Gasteiger partial charge in [0.15, 0.2) is 0 Å². The number of hydrogen-bond donors (Lipinski definition) is 3. The molecule has 9 heteroatoms. The van der Waals surface area contributed by atoms with Crippen molar-refractivity contribution >= 4 is 39.2 Å². The van der Waals surface area contributed by atoms with Gasteiger partial charge in [-0.2, -0.15) is 5.10 Å². The number of fused-ring (bicyclic) bond motifs is 2. The summed E-state index contributed by atoms with van der Waals surface area (Å²) < 4.78 is 0. The van der Waals surface area contributed by atoms with E-state index in [-0.39, 0.29) is 5.91 Å². The number of piperidine rings is 1. The van der Waals surface area contributed by atoms with Crippen LogP contribution in [0.5, 0.6) is 0 Å². The Bertz CT molecular complexity index is 1820. The van der Waals surface area contributed by atoms with Crippen molar-refractivity contribution in [3.63, 3.8) is 0 Å². The fraction of sp³-hybridized carbons (Fsp3) is 0.194. The average Bonchev–Trinajstić information content (AvgIpc) is 3.62. The van der Waals surface area contributed by atoms with Crippen LogP contribution < -0.4 is 10.2 Å². The van der Waals surface area contributed by atoms with Crippen LogP contribution in [0, 0.1) is 0 Å². The van der Waals surface area contributed by atoms with E-state index in [2.05, 4.69) is 41.4 Å². The highest BCUT2D eigenvalue weighted by molar-refractivity contribution is 5.99. The van der Waals surface area contributed by atoms with Gasteiger partial charge in [-0.1, -0.05) is 30.3 Å². The fourth-order valence-corrected chi connectivity index (χ4v) is 5.43. The number of rotatable bonds is 6. The molecular weight excluding hydrogens is 500 g/mol. The Kier molecular flexibility index (Phi) is 6.16. The molecule has 198 valence electrons. The first-order valence-corrected chi connectivity index (χ1v) is 13.6. The Morgan fingerprint density at radius 2 is 1.75 bits per heavy atom. The minimum absolute atomic E-state index is 0.0945. The molecular formula is C31H28N8O. The van der Waals surface area contributed by atoms with E-state index in [0.29, 0.717) is 12.1 Å². The third kappa shape index (κ3) is 4.66. The predicted molar refractivity (Wildman–Crippen MR) is 157 cm³/mol. The SMILES string of the molecule is O=C(Cc1ccccc1)Nc1cncc(-c2ccc3[nH]nc(-c4cc5c(N6CCCCC6)cncc5[nH]4)c3n2)c1. The second-order valence-corrected chi connectivity index (χ2v) is 10.2. The summed E-state index contributed by atoms with van der Waals surface area (Å²) in [6, 6.07) is 17.6. The second-order valence-electron chi connectivity index (χ2n) is 10.2. The lowest BCUT2D eigenvalue weighted by Crippen LogP contribution is -2.29. The van der Waals surface area contributed by atoms with E-state index in [9.17, 15) is 4.79 Å². The first kappa shape index (κ1) is 24.0. The number of H-pyrrole nitrogens is 2. The molecule has 1 aromatic carbocycles. The van der Waals surface area contributed by atoms with Gasteiger partial charge in [-0.3, -0.25) is 19.9 Å². The molecule has 1 fully saturated rings. The molecule has 6 heterocycles. The van der Waals surface area contributed by atoms with Crippen molar-refractivity contribution in [1.82, 2.24) is 30.1 Å². The van der Waals surface area contributed by atoms with Crippen molar-refractivity contribution in [3.05, 3.63) is 84.9 Å². The maximum atomic E-state index is 12.6. The number of amides is 1. The number of aromatic amines is 2. The molecule has 7 rings (SSSR count). The maximum Gasteiger partial charge on any atom is 0.228 e. The third-order valence-electron chi connectivity index (χ3n) is 7.41. The van der Waals surface area contributed by atoms with Gasteiger partial charge in [-0.15, -0.1) is 0 Å². The van der Waals surface area contributed by atoms with Crippen LogP contribution in [-0.2, 0) is 11.2 Å². The molecule has 1 amide bonds. The smallest absolute Gasteiger partial charge is 0.228 e.